The highest BCUT2D eigenvalue weighted by Crippen LogP contribution is 2.65. The molecule has 1 aliphatic heterocycles. The number of ether oxygens (including phenoxy) is 1. The van der Waals surface area contributed by atoms with E-state index >= 15 is 0 Å². The molecule has 3 aliphatic carbocycles. The normalized spacial score (nSPS) is 36.4. The molecule has 7 atom stereocenters. The first kappa shape index (κ1) is 24.3. The van der Waals surface area contributed by atoms with Gasteiger partial charge in [-0.3, -0.25) is 9.59 Å². The number of benzene rings is 2. The van der Waals surface area contributed by atoms with E-state index < -0.39 is 0 Å². The number of carbonyl (C=O) groups excluding carboxylic acids is 2. The van der Waals surface area contributed by atoms with Crippen molar-refractivity contribution in [2.24, 2.45) is 34.5 Å². The number of nitrogens with one attached hydrogen (secondary N) is 1. The average Bonchev–Trinajstić information content (AvgIpc) is 3.29. The number of nitrogens with zero attached hydrogens (tertiary/aromatic N) is 1. The molecule has 37 heavy (non-hydrogen) atoms. The number of hydrogen-bond acceptors (Lipinski definition) is 3. The van der Waals surface area contributed by atoms with Gasteiger partial charge in [-0.2, -0.15) is 0 Å². The maximum absolute atomic E-state index is 14.2. The lowest BCUT2D eigenvalue weighted by Crippen LogP contribution is -2.62. The molecule has 2 unspecified atom stereocenters. The highest BCUT2D eigenvalue weighted by Gasteiger charge is 2.62. The topological polar surface area (TPSA) is 58.6 Å². The van der Waals surface area contributed by atoms with Gasteiger partial charge >= 0.3 is 0 Å². The molecule has 194 valence electrons. The fraction of sp³-hybridized carbons (Fsp3) is 0.500. The number of hydrogen-bond donors (Lipinski definition) is 1. The van der Waals surface area contributed by atoms with Crippen LogP contribution < -0.4 is 10.1 Å². The van der Waals surface area contributed by atoms with Crippen LogP contribution in [-0.4, -0.2) is 29.8 Å². The molecule has 3 saturated carbocycles. The Kier molecular flexibility index (Phi) is 5.93. The Labute approximate surface area is 220 Å². The number of likely N-dealkylation sites (N-methyl/N-ethyl adjacent to an activating group) is 1. The standard InChI is InChI=1S/C32H38N2O3/c1-31-18-9-12-24(31)22-15-16-27-32(2,19-17-28(35)34(27)3)29(22)23(20-31)30(36)33-25-13-7-8-14-26(25)37-21-10-5-4-6-11-21/h4-8,10-11,13-14,17,19,22-24,27,29H,9,12,15-16,18,20H2,1-3H3,(H,33,36)/t22-,23?,24-,27?,29-,31-,32-/m0/s1. The van der Waals surface area contributed by atoms with Crippen LogP contribution in [0.4, 0.5) is 5.69 Å². The van der Waals surface area contributed by atoms with Gasteiger partial charge in [-0.15, -0.1) is 0 Å². The SMILES string of the molecule is CN1C(=O)C=C[C@@]2(C)C1CC[C@@H]1[C@H]2C(C(=O)Nc2ccccc2Oc2ccccc2)C[C@]2(C)CCC[C@@H]12. The fourth-order valence-corrected chi connectivity index (χ4v) is 8.69. The summed E-state index contributed by atoms with van der Waals surface area (Å²) in [4.78, 5) is 28.8. The van der Waals surface area contributed by atoms with Crippen LogP contribution in [0.1, 0.15) is 52.4 Å². The van der Waals surface area contributed by atoms with Gasteiger partial charge in [0.1, 0.15) is 5.75 Å². The third-order valence-corrected chi connectivity index (χ3v) is 10.3. The van der Waals surface area contributed by atoms with Crippen molar-refractivity contribution in [3.63, 3.8) is 0 Å². The van der Waals surface area contributed by atoms with Crippen LogP contribution in [0.3, 0.4) is 0 Å². The monoisotopic (exact) mass is 498 g/mol. The van der Waals surface area contributed by atoms with Crippen LogP contribution in [0.2, 0.25) is 0 Å². The van der Waals surface area contributed by atoms with E-state index in [0.717, 1.165) is 25.0 Å². The van der Waals surface area contributed by atoms with E-state index in [4.69, 9.17) is 4.74 Å². The van der Waals surface area contributed by atoms with E-state index in [-0.39, 0.29) is 40.5 Å². The van der Waals surface area contributed by atoms with Crippen LogP contribution in [0.15, 0.2) is 66.7 Å². The molecular weight excluding hydrogens is 460 g/mol. The van der Waals surface area contributed by atoms with Crippen molar-refractivity contribution in [3.05, 3.63) is 66.7 Å². The number of fused-ring (bicyclic) bond motifs is 5. The van der Waals surface area contributed by atoms with Crippen LogP contribution in [0.5, 0.6) is 11.5 Å². The summed E-state index contributed by atoms with van der Waals surface area (Å²) < 4.78 is 6.16. The zero-order chi connectivity index (χ0) is 25.8. The predicted octanol–water partition coefficient (Wildman–Crippen LogP) is 6.67. The molecule has 0 aromatic heterocycles. The molecule has 4 aliphatic rings. The van der Waals surface area contributed by atoms with Gasteiger partial charge in [0.15, 0.2) is 5.75 Å². The molecule has 0 bridgehead atoms. The van der Waals surface area contributed by atoms with Crippen molar-refractivity contribution in [1.82, 2.24) is 4.90 Å². The van der Waals surface area contributed by atoms with Gasteiger partial charge in [0.2, 0.25) is 11.8 Å². The van der Waals surface area contributed by atoms with E-state index in [1.54, 1.807) is 6.08 Å². The number of anilines is 1. The molecule has 5 heteroatoms. The van der Waals surface area contributed by atoms with Gasteiger partial charge in [0, 0.05) is 24.4 Å². The van der Waals surface area contributed by atoms with Crippen molar-refractivity contribution >= 4 is 17.5 Å². The maximum atomic E-state index is 14.2. The molecule has 6 rings (SSSR count). The lowest BCUT2D eigenvalue weighted by Gasteiger charge is -2.61. The second kappa shape index (κ2) is 9.04. The summed E-state index contributed by atoms with van der Waals surface area (Å²) in [6.45, 7) is 4.73. The molecule has 5 nitrogen and oxygen atoms in total. The summed E-state index contributed by atoms with van der Waals surface area (Å²) >= 11 is 0. The smallest absolute Gasteiger partial charge is 0.246 e. The van der Waals surface area contributed by atoms with Crippen LogP contribution >= 0.6 is 0 Å². The number of rotatable bonds is 4. The minimum Gasteiger partial charge on any atom is -0.455 e. The first-order valence-corrected chi connectivity index (χ1v) is 13.9. The molecule has 0 radical (unpaired) electrons. The van der Waals surface area contributed by atoms with Gasteiger partial charge < -0.3 is 15.0 Å². The fourth-order valence-electron chi connectivity index (χ4n) is 8.69. The zero-order valence-electron chi connectivity index (χ0n) is 22.2. The van der Waals surface area contributed by atoms with E-state index in [1.165, 1.54) is 19.3 Å². The number of amides is 2. The van der Waals surface area contributed by atoms with E-state index in [2.05, 4.69) is 25.2 Å². The zero-order valence-corrected chi connectivity index (χ0v) is 22.2. The molecule has 0 saturated heterocycles. The Hall–Kier alpha value is -3.08. The first-order chi connectivity index (χ1) is 17.8. The number of carbonyl (C=O) groups is 2. The van der Waals surface area contributed by atoms with Crippen LogP contribution in [0.25, 0.3) is 0 Å². The Bertz CT molecular complexity index is 1230. The van der Waals surface area contributed by atoms with Gasteiger partial charge in [-0.05, 0) is 85.6 Å². The van der Waals surface area contributed by atoms with Crippen LogP contribution in [0, 0.1) is 34.5 Å². The van der Waals surface area contributed by atoms with E-state index in [1.807, 2.05) is 66.5 Å². The van der Waals surface area contributed by atoms with Crippen molar-refractivity contribution in [2.75, 3.05) is 12.4 Å². The minimum atomic E-state index is -0.211. The molecule has 3 fully saturated rings. The molecule has 1 N–H and O–H groups in total. The summed E-state index contributed by atoms with van der Waals surface area (Å²) in [6, 6.07) is 17.5. The quantitative estimate of drug-likeness (QED) is 0.512. The van der Waals surface area contributed by atoms with Gasteiger partial charge in [-0.25, -0.2) is 0 Å². The third-order valence-electron chi connectivity index (χ3n) is 10.3. The number of para-hydroxylation sites is 3. The summed E-state index contributed by atoms with van der Waals surface area (Å²) in [5, 5.41) is 3.29. The summed E-state index contributed by atoms with van der Waals surface area (Å²) in [6.07, 6.45) is 10.6. The Morgan fingerprint density at radius 2 is 1.78 bits per heavy atom. The molecule has 2 amide bonds. The second-order valence-electron chi connectivity index (χ2n) is 12.3. The predicted molar refractivity (Wildman–Crippen MR) is 145 cm³/mol. The first-order valence-electron chi connectivity index (χ1n) is 13.9. The van der Waals surface area contributed by atoms with Gasteiger partial charge in [-0.1, -0.05) is 56.7 Å². The van der Waals surface area contributed by atoms with Gasteiger partial charge in [0.25, 0.3) is 0 Å². The molecule has 2 aromatic carbocycles. The van der Waals surface area contributed by atoms with Crippen LogP contribution in [-0.2, 0) is 9.59 Å². The maximum Gasteiger partial charge on any atom is 0.246 e. The largest absolute Gasteiger partial charge is 0.455 e. The third kappa shape index (κ3) is 3.98. The van der Waals surface area contributed by atoms with Crippen molar-refractivity contribution in [1.29, 1.82) is 0 Å². The lowest BCUT2D eigenvalue weighted by molar-refractivity contribution is -0.151. The highest BCUT2D eigenvalue weighted by molar-refractivity contribution is 5.95. The second-order valence-corrected chi connectivity index (χ2v) is 12.3. The summed E-state index contributed by atoms with van der Waals surface area (Å²) in [5.74, 6) is 2.80. The molecule has 1 heterocycles. The minimum absolute atomic E-state index is 0.0791. The Morgan fingerprint density at radius 1 is 1.03 bits per heavy atom. The average molecular weight is 499 g/mol. The van der Waals surface area contributed by atoms with Crippen molar-refractivity contribution < 1.29 is 14.3 Å². The Morgan fingerprint density at radius 3 is 2.59 bits per heavy atom. The molecule has 0 spiro atoms. The lowest BCUT2D eigenvalue weighted by atomic mass is 9.45. The molecule has 2 aromatic rings. The van der Waals surface area contributed by atoms with Crippen molar-refractivity contribution in [3.8, 4) is 11.5 Å². The van der Waals surface area contributed by atoms with E-state index in [9.17, 15) is 9.59 Å². The summed E-state index contributed by atoms with van der Waals surface area (Å²) in [7, 11) is 1.93. The highest BCUT2D eigenvalue weighted by atomic mass is 16.5. The van der Waals surface area contributed by atoms with Crippen molar-refractivity contribution in [2.45, 2.75) is 58.4 Å². The Balaban J connectivity index is 1.35. The summed E-state index contributed by atoms with van der Waals surface area (Å²) in [5.41, 5.74) is 0.694. The van der Waals surface area contributed by atoms with E-state index in [0.29, 0.717) is 23.3 Å². The molecular formula is C32H38N2O3. The van der Waals surface area contributed by atoms with Gasteiger partial charge in [0.05, 0.1) is 5.69 Å².